The highest BCUT2D eigenvalue weighted by atomic mass is 79.9. The van der Waals surface area contributed by atoms with Gasteiger partial charge in [-0.25, -0.2) is 0 Å². The van der Waals surface area contributed by atoms with Crippen LogP contribution in [0.4, 0.5) is 0 Å². The second-order valence-electron chi connectivity index (χ2n) is 8.35. The molecule has 0 unspecified atom stereocenters. The predicted octanol–water partition coefficient (Wildman–Crippen LogP) is 6.71. The summed E-state index contributed by atoms with van der Waals surface area (Å²) in [4.78, 5) is 0. The molecule has 0 nitrogen and oxygen atoms in total. The minimum absolute atomic E-state index is 1.13. The monoisotopic (exact) mass is 438 g/mol. The molecule has 1 aliphatic rings. The van der Waals surface area contributed by atoms with E-state index < -0.39 is 8.07 Å². The van der Waals surface area contributed by atoms with E-state index in [-0.39, 0.29) is 0 Å². The van der Waals surface area contributed by atoms with Crippen molar-refractivity contribution in [2.24, 2.45) is 0 Å². The van der Waals surface area contributed by atoms with Gasteiger partial charge in [0.15, 0.2) is 0 Å². The van der Waals surface area contributed by atoms with Crippen molar-refractivity contribution < 1.29 is 0 Å². The van der Waals surface area contributed by atoms with Gasteiger partial charge in [-0.2, -0.15) is 0 Å². The Hall–Kier alpha value is -2.42. The van der Waals surface area contributed by atoms with E-state index in [4.69, 9.17) is 0 Å². The van der Waals surface area contributed by atoms with Gasteiger partial charge in [0, 0.05) is 4.47 Å². The first-order valence-electron chi connectivity index (χ1n) is 9.74. The molecule has 0 saturated heterocycles. The first-order valence-corrected chi connectivity index (χ1v) is 13.5. The van der Waals surface area contributed by atoms with Crippen LogP contribution >= 0.6 is 15.9 Å². The van der Waals surface area contributed by atoms with Crippen LogP contribution in [0.5, 0.6) is 0 Å². The Morgan fingerprint density at radius 2 is 1.14 bits per heavy atom. The number of benzene rings is 5. The molecule has 2 heteroatoms. The Morgan fingerprint density at radius 3 is 1.93 bits per heavy atom. The first-order chi connectivity index (χ1) is 13.6. The standard InChI is InChI=1S/C26H19BrSi/c1-28(2)25-10-6-5-9-20(25)24-14-22-18-8-4-3-7-17(18)21-13-16(27)11-12-19(21)23(22)15-26(24)28/h3-15H,1-2H3. The normalized spacial score (nSPS) is 14.5. The average Bonchev–Trinajstić information content (AvgIpc) is 2.94. The van der Waals surface area contributed by atoms with Crippen molar-refractivity contribution in [3.63, 3.8) is 0 Å². The maximum atomic E-state index is 3.68. The van der Waals surface area contributed by atoms with Crippen LogP contribution in [0.15, 0.2) is 83.3 Å². The molecule has 0 amide bonds. The van der Waals surface area contributed by atoms with Gasteiger partial charge in [0.1, 0.15) is 8.07 Å². The largest absolute Gasteiger partial charge is 0.113 e. The molecule has 0 fully saturated rings. The number of hydrogen-bond acceptors (Lipinski definition) is 0. The highest BCUT2D eigenvalue weighted by molar-refractivity contribution is 9.10. The fourth-order valence-corrected chi connectivity index (χ4v) is 8.56. The van der Waals surface area contributed by atoms with E-state index in [1.165, 1.54) is 43.4 Å². The topological polar surface area (TPSA) is 0 Å². The quantitative estimate of drug-likeness (QED) is 0.186. The van der Waals surface area contributed by atoms with Crippen molar-refractivity contribution in [3.8, 4) is 11.1 Å². The zero-order valence-electron chi connectivity index (χ0n) is 15.9. The summed E-state index contributed by atoms with van der Waals surface area (Å²) < 4.78 is 1.13. The second-order valence-corrected chi connectivity index (χ2v) is 13.6. The van der Waals surface area contributed by atoms with Crippen molar-refractivity contribution in [3.05, 3.63) is 83.3 Å². The zero-order chi connectivity index (χ0) is 19.0. The maximum absolute atomic E-state index is 3.68. The molecular weight excluding hydrogens is 420 g/mol. The lowest BCUT2D eigenvalue weighted by molar-refractivity contribution is 1.72. The molecule has 0 saturated carbocycles. The Bertz CT molecular complexity index is 1450. The summed E-state index contributed by atoms with van der Waals surface area (Å²) in [6, 6.07) is 29.5. The van der Waals surface area contributed by atoms with Gasteiger partial charge in [0.2, 0.25) is 0 Å². The lowest BCUT2D eigenvalue weighted by atomic mass is 9.92. The molecule has 1 heterocycles. The summed E-state index contributed by atoms with van der Waals surface area (Å²) in [5.41, 5.74) is 2.89. The summed E-state index contributed by atoms with van der Waals surface area (Å²) in [5.74, 6) is 0. The van der Waals surface area contributed by atoms with Crippen LogP contribution in [-0.4, -0.2) is 8.07 Å². The molecule has 6 rings (SSSR count). The third-order valence-corrected chi connectivity index (χ3v) is 10.5. The summed E-state index contributed by atoms with van der Waals surface area (Å²) >= 11 is 3.68. The van der Waals surface area contributed by atoms with Gasteiger partial charge in [-0.3, -0.25) is 0 Å². The Morgan fingerprint density at radius 1 is 0.536 bits per heavy atom. The van der Waals surface area contributed by atoms with Crippen LogP contribution in [0.2, 0.25) is 13.1 Å². The van der Waals surface area contributed by atoms with Gasteiger partial charge in [0.25, 0.3) is 0 Å². The molecule has 1 aliphatic heterocycles. The molecule has 0 atom stereocenters. The zero-order valence-corrected chi connectivity index (χ0v) is 18.5. The summed E-state index contributed by atoms with van der Waals surface area (Å²) in [6.07, 6.45) is 0. The number of rotatable bonds is 0. The number of halogens is 1. The molecule has 134 valence electrons. The van der Waals surface area contributed by atoms with Crippen molar-refractivity contribution in [1.82, 2.24) is 0 Å². The van der Waals surface area contributed by atoms with E-state index in [1.54, 1.807) is 10.4 Å². The Labute approximate surface area is 174 Å². The SMILES string of the molecule is C[Si]1(C)c2ccccc2-c2cc3c4ccccc4c4cc(Br)ccc4c3cc21. The summed E-state index contributed by atoms with van der Waals surface area (Å²) in [5, 5.41) is 11.2. The molecular formula is C26H19BrSi. The summed E-state index contributed by atoms with van der Waals surface area (Å²) in [6.45, 7) is 4.98. The van der Waals surface area contributed by atoms with E-state index in [1.807, 2.05) is 0 Å². The van der Waals surface area contributed by atoms with Gasteiger partial charge in [0.05, 0.1) is 0 Å². The number of hydrogen-bond donors (Lipinski definition) is 0. The van der Waals surface area contributed by atoms with Gasteiger partial charge >= 0.3 is 0 Å². The van der Waals surface area contributed by atoms with Crippen molar-refractivity contribution >= 4 is 66.7 Å². The molecule has 28 heavy (non-hydrogen) atoms. The minimum Gasteiger partial charge on any atom is -0.0623 e. The van der Waals surface area contributed by atoms with Crippen molar-refractivity contribution in [2.45, 2.75) is 13.1 Å². The van der Waals surface area contributed by atoms with E-state index >= 15 is 0 Å². The Balaban J connectivity index is 1.87. The van der Waals surface area contributed by atoms with E-state index in [2.05, 4.69) is 108 Å². The van der Waals surface area contributed by atoms with E-state index in [0.29, 0.717) is 0 Å². The van der Waals surface area contributed by atoms with Gasteiger partial charge < -0.3 is 0 Å². The molecule has 0 aliphatic carbocycles. The molecule has 0 N–H and O–H groups in total. The predicted molar refractivity (Wildman–Crippen MR) is 129 cm³/mol. The van der Waals surface area contributed by atoms with Crippen LogP contribution in [0, 0.1) is 0 Å². The van der Waals surface area contributed by atoms with Gasteiger partial charge in [-0.15, -0.1) is 0 Å². The lowest BCUT2D eigenvalue weighted by Crippen LogP contribution is -2.49. The molecule has 0 spiro atoms. The van der Waals surface area contributed by atoms with Gasteiger partial charge in [-0.1, -0.05) is 89.7 Å². The van der Waals surface area contributed by atoms with Crippen LogP contribution in [0.25, 0.3) is 43.4 Å². The molecule has 0 radical (unpaired) electrons. The highest BCUT2D eigenvalue weighted by Gasteiger charge is 2.37. The molecule has 5 aromatic carbocycles. The third kappa shape index (κ3) is 2.05. The maximum Gasteiger partial charge on any atom is 0.113 e. The third-order valence-electron chi connectivity index (χ3n) is 6.50. The fraction of sp³-hybridized carbons (Fsp3) is 0.0769. The average molecular weight is 439 g/mol. The van der Waals surface area contributed by atoms with Crippen LogP contribution in [0.3, 0.4) is 0 Å². The highest BCUT2D eigenvalue weighted by Crippen LogP contribution is 2.39. The lowest BCUT2D eigenvalue weighted by Gasteiger charge is -2.20. The van der Waals surface area contributed by atoms with Crippen LogP contribution < -0.4 is 10.4 Å². The molecule has 5 aromatic rings. The number of fused-ring (bicyclic) bond motifs is 9. The van der Waals surface area contributed by atoms with E-state index in [9.17, 15) is 0 Å². The van der Waals surface area contributed by atoms with Gasteiger partial charge in [-0.05, 0) is 72.0 Å². The van der Waals surface area contributed by atoms with E-state index in [0.717, 1.165) is 4.47 Å². The molecule has 0 bridgehead atoms. The first kappa shape index (κ1) is 16.5. The van der Waals surface area contributed by atoms with Crippen LogP contribution in [-0.2, 0) is 0 Å². The smallest absolute Gasteiger partial charge is 0.0623 e. The summed E-state index contributed by atoms with van der Waals surface area (Å²) in [7, 11) is -1.67. The fourth-order valence-electron chi connectivity index (χ4n) is 5.12. The second kappa shape index (κ2) is 5.56. The van der Waals surface area contributed by atoms with Crippen LogP contribution in [0.1, 0.15) is 0 Å². The Kier molecular flexibility index (Phi) is 3.28. The van der Waals surface area contributed by atoms with Crippen molar-refractivity contribution in [2.75, 3.05) is 0 Å². The van der Waals surface area contributed by atoms with Crippen molar-refractivity contribution in [1.29, 1.82) is 0 Å². The minimum atomic E-state index is -1.67. The molecule has 0 aromatic heterocycles.